The average molecular weight is 243 g/mol. The number of nitrogens with two attached hydrogens (primary N) is 1. The summed E-state index contributed by atoms with van der Waals surface area (Å²) in [5, 5.41) is 1.15. The van der Waals surface area contributed by atoms with Crippen molar-refractivity contribution >= 4 is 11.0 Å². The van der Waals surface area contributed by atoms with Crippen LogP contribution in [0.4, 0.5) is 0 Å². The third kappa shape index (κ3) is 1.85. The maximum absolute atomic E-state index is 6.45. The van der Waals surface area contributed by atoms with Gasteiger partial charge in [-0.05, 0) is 36.3 Å². The van der Waals surface area contributed by atoms with Crippen molar-refractivity contribution in [3.8, 4) is 0 Å². The van der Waals surface area contributed by atoms with Crippen LogP contribution in [-0.4, -0.2) is 0 Å². The Morgan fingerprint density at radius 2 is 2.11 bits per heavy atom. The van der Waals surface area contributed by atoms with Crippen LogP contribution in [0.15, 0.2) is 34.7 Å². The first kappa shape index (κ1) is 11.8. The Kier molecular flexibility index (Phi) is 2.70. The molecule has 1 heterocycles. The van der Waals surface area contributed by atoms with Crippen LogP contribution in [0.3, 0.4) is 0 Å². The molecule has 2 N–H and O–H groups in total. The van der Waals surface area contributed by atoms with Gasteiger partial charge in [0.15, 0.2) is 0 Å². The van der Waals surface area contributed by atoms with E-state index in [0.29, 0.717) is 11.3 Å². The summed E-state index contributed by atoms with van der Waals surface area (Å²) < 4.78 is 5.91. The fourth-order valence-electron chi connectivity index (χ4n) is 3.38. The topological polar surface area (TPSA) is 39.2 Å². The zero-order chi connectivity index (χ0) is 12.8. The van der Waals surface area contributed by atoms with E-state index in [1.165, 1.54) is 19.3 Å². The molecule has 2 atom stereocenters. The molecule has 96 valence electrons. The summed E-state index contributed by atoms with van der Waals surface area (Å²) in [5.74, 6) is 1.47. The minimum Gasteiger partial charge on any atom is -0.459 e. The van der Waals surface area contributed by atoms with Gasteiger partial charge >= 0.3 is 0 Å². The van der Waals surface area contributed by atoms with Crippen molar-refractivity contribution in [1.82, 2.24) is 0 Å². The molecule has 0 amide bonds. The third-order valence-corrected chi connectivity index (χ3v) is 4.55. The Hall–Kier alpha value is -1.28. The largest absolute Gasteiger partial charge is 0.459 e. The van der Waals surface area contributed by atoms with E-state index in [1.807, 2.05) is 18.2 Å². The van der Waals surface area contributed by atoms with Crippen molar-refractivity contribution in [2.45, 2.75) is 39.2 Å². The highest BCUT2D eigenvalue weighted by molar-refractivity contribution is 5.77. The number of rotatable bonds is 2. The number of hydrogen-bond acceptors (Lipinski definition) is 2. The molecule has 1 aliphatic carbocycles. The predicted octanol–water partition coefficient (Wildman–Crippen LogP) is 4.26. The van der Waals surface area contributed by atoms with Crippen molar-refractivity contribution in [2.75, 3.05) is 0 Å². The molecule has 1 saturated carbocycles. The van der Waals surface area contributed by atoms with E-state index in [-0.39, 0.29) is 6.04 Å². The second kappa shape index (κ2) is 4.13. The van der Waals surface area contributed by atoms with Crippen LogP contribution in [0.1, 0.15) is 44.9 Å². The monoisotopic (exact) mass is 243 g/mol. The lowest BCUT2D eigenvalue weighted by molar-refractivity contribution is 0.208. The van der Waals surface area contributed by atoms with Crippen LogP contribution < -0.4 is 5.73 Å². The van der Waals surface area contributed by atoms with Crippen molar-refractivity contribution in [2.24, 2.45) is 17.1 Å². The molecule has 1 aromatic carbocycles. The Morgan fingerprint density at radius 3 is 2.78 bits per heavy atom. The normalized spacial score (nSPS) is 24.5. The molecule has 0 spiro atoms. The van der Waals surface area contributed by atoms with Crippen molar-refractivity contribution in [3.63, 3.8) is 0 Å². The van der Waals surface area contributed by atoms with E-state index in [1.54, 1.807) is 0 Å². The average Bonchev–Trinajstić information content (AvgIpc) is 2.90. The number of para-hydroxylation sites is 1. The van der Waals surface area contributed by atoms with Gasteiger partial charge in [-0.3, -0.25) is 0 Å². The van der Waals surface area contributed by atoms with Gasteiger partial charge in [0.25, 0.3) is 0 Å². The van der Waals surface area contributed by atoms with Gasteiger partial charge < -0.3 is 10.2 Å². The molecule has 0 bridgehead atoms. The molecule has 1 aliphatic rings. The van der Waals surface area contributed by atoms with Crippen molar-refractivity contribution in [3.05, 3.63) is 36.1 Å². The van der Waals surface area contributed by atoms with E-state index in [9.17, 15) is 0 Å². The third-order valence-electron chi connectivity index (χ3n) is 4.55. The van der Waals surface area contributed by atoms with Gasteiger partial charge in [0, 0.05) is 5.39 Å². The maximum atomic E-state index is 6.45. The van der Waals surface area contributed by atoms with E-state index in [2.05, 4.69) is 26.0 Å². The number of fused-ring (bicyclic) bond motifs is 1. The molecule has 0 aliphatic heterocycles. The highest BCUT2D eigenvalue weighted by Gasteiger charge is 2.39. The molecule has 2 unspecified atom stereocenters. The molecule has 2 heteroatoms. The molecule has 2 nitrogen and oxygen atoms in total. The summed E-state index contributed by atoms with van der Waals surface area (Å²) in [6.07, 6.45) is 3.77. The Morgan fingerprint density at radius 1 is 1.33 bits per heavy atom. The zero-order valence-corrected chi connectivity index (χ0v) is 11.1. The lowest BCUT2D eigenvalue weighted by atomic mass is 9.77. The minimum absolute atomic E-state index is 0.0231. The van der Waals surface area contributed by atoms with E-state index >= 15 is 0 Å². The van der Waals surface area contributed by atoms with Gasteiger partial charge in [-0.2, -0.15) is 0 Å². The van der Waals surface area contributed by atoms with Crippen LogP contribution in [-0.2, 0) is 0 Å². The molecule has 0 radical (unpaired) electrons. The van der Waals surface area contributed by atoms with Crippen LogP contribution in [0.5, 0.6) is 0 Å². The van der Waals surface area contributed by atoms with E-state index < -0.39 is 0 Å². The molecule has 18 heavy (non-hydrogen) atoms. The van der Waals surface area contributed by atoms with E-state index in [0.717, 1.165) is 16.7 Å². The summed E-state index contributed by atoms with van der Waals surface area (Å²) in [6, 6.07) is 10.2. The number of benzene rings is 1. The lowest BCUT2D eigenvalue weighted by Crippen LogP contribution is -2.29. The highest BCUT2D eigenvalue weighted by Crippen LogP contribution is 2.48. The fraction of sp³-hybridized carbons (Fsp3) is 0.500. The molecule has 1 aromatic heterocycles. The van der Waals surface area contributed by atoms with Gasteiger partial charge in [0.05, 0.1) is 6.04 Å². The van der Waals surface area contributed by atoms with Crippen LogP contribution >= 0.6 is 0 Å². The van der Waals surface area contributed by atoms with Gasteiger partial charge in [0.1, 0.15) is 11.3 Å². The van der Waals surface area contributed by atoms with Crippen molar-refractivity contribution in [1.29, 1.82) is 0 Å². The molecular formula is C16H21NO. The second-order valence-electron chi connectivity index (χ2n) is 6.20. The summed E-state index contributed by atoms with van der Waals surface area (Å²) in [4.78, 5) is 0. The quantitative estimate of drug-likeness (QED) is 0.856. The maximum Gasteiger partial charge on any atom is 0.134 e. The minimum atomic E-state index is 0.0231. The number of furan rings is 1. The van der Waals surface area contributed by atoms with Gasteiger partial charge in [0.2, 0.25) is 0 Å². The van der Waals surface area contributed by atoms with E-state index in [4.69, 9.17) is 10.2 Å². The standard InChI is InChI=1S/C16H21NO/c1-16(2)9-5-7-12(16)15(17)14-10-11-6-3-4-8-13(11)18-14/h3-4,6,8,10,12,15H,5,7,9,17H2,1-2H3. The van der Waals surface area contributed by atoms with Gasteiger partial charge in [-0.15, -0.1) is 0 Å². The summed E-state index contributed by atoms with van der Waals surface area (Å²) in [7, 11) is 0. The fourth-order valence-corrected chi connectivity index (χ4v) is 3.38. The first-order valence-electron chi connectivity index (χ1n) is 6.82. The van der Waals surface area contributed by atoms with Crippen LogP contribution in [0, 0.1) is 11.3 Å². The van der Waals surface area contributed by atoms with Crippen molar-refractivity contribution < 1.29 is 4.42 Å². The summed E-state index contributed by atoms with van der Waals surface area (Å²) in [5.41, 5.74) is 7.72. The van der Waals surface area contributed by atoms with Crippen LogP contribution in [0.2, 0.25) is 0 Å². The predicted molar refractivity (Wildman–Crippen MR) is 74.3 cm³/mol. The SMILES string of the molecule is CC1(C)CCCC1C(N)c1cc2ccccc2o1. The smallest absolute Gasteiger partial charge is 0.134 e. The Balaban J connectivity index is 1.94. The van der Waals surface area contributed by atoms with Crippen LogP contribution in [0.25, 0.3) is 11.0 Å². The highest BCUT2D eigenvalue weighted by atomic mass is 16.3. The molecule has 3 rings (SSSR count). The Labute approximate surface area is 108 Å². The van der Waals surface area contributed by atoms with Gasteiger partial charge in [-0.25, -0.2) is 0 Å². The first-order valence-corrected chi connectivity index (χ1v) is 6.82. The summed E-state index contributed by atoms with van der Waals surface area (Å²) in [6.45, 7) is 4.65. The first-order chi connectivity index (χ1) is 8.58. The molecule has 2 aromatic rings. The zero-order valence-electron chi connectivity index (χ0n) is 11.1. The molecule has 0 saturated heterocycles. The lowest BCUT2D eigenvalue weighted by Gasteiger charge is -2.30. The molecule has 1 fully saturated rings. The van der Waals surface area contributed by atoms with Gasteiger partial charge in [-0.1, -0.05) is 38.5 Å². The molecular weight excluding hydrogens is 222 g/mol. The Bertz CT molecular complexity index is 522. The second-order valence-corrected chi connectivity index (χ2v) is 6.20. The number of hydrogen-bond donors (Lipinski definition) is 1. The summed E-state index contributed by atoms with van der Waals surface area (Å²) >= 11 is 0.